The Morgan fingerprint density at radius 2 is 1.79 bits per heavy atom. The molecule has 1 heterocycles. The molecule has 0 radical (unpaired) electrons. The lowest BCUT2D eigenvalue weighted by atomic mass is 9.94. The highest BCUT2D eigenvalue weighted by atomic mass is 19.4. The average molecular weight is 609 g/mol. The molecule has 43 heavy (non-hydrogen) atoms. The number of ether oxygens (including phenoxy) is 1. The van der Waals surface area contributed by atoms with Crippen LogP contribution in [0.15, 0.2) is 42.5 Å². The number of fused-ring (bicyclic) bond motifs is 2. The molecule has 2 aliphatic rings. The normalized spacial score (nSPS) is 19.3. The van der Waals surface area contributed by atoms with Crippen molar-refractivity contribution in [3.05, 3.63) is 65.0 Å². The maximum Gasteiger partial charge on any atom is 0.418 e. The van der Waals surface area contributed by atoms with E-state index in [2.05, 4.69) is 10.6 Å². The monoisotopic (exact) mass is 608 g/mol. The molecule has 2 aromatic carbocycles. The van der Waals surface area contributed by atoms with Crippen LogP contribution in [0.25, 0.3) is 0 Å². The predicted octanol–water partition coefficient (Wildman–Crippen LogP) is 4.06. The molecule has 3 atom stereocenters. The molecule has 1 aliphatic carbocycles. The van der Waals surface area contributed by atoms with Gasteiger partial charge in [0.2, 0.25) is 11.5 Å². The van der Waals surface area contributed by atoms with E-state index in [0.717, 1.165) is 19.1 Å². The fourth-order valence-corrected chi connectivity index (χ4v) is 5.12. The number of aryl methyl sites for hydroxylation is 1. The van der Waals surface area contributed by atoms with Crippen molar-refractivity contribution in [1.82, 2.24) is 15.1 Å². The minimum atomic E-state index is -4.81. The number of carbonyl (C=O) groups excluding carboxylic acids is 4. The summed E-state index contributed by atoms with van der Waals surface area (Å²) in [5, 5.41) is 14.8. The molecule has 1 saturated heterocycles. The molecular weight excluding hydrogens is 576 g/mol. The van der Waals surface area contributed by atoms with E-state index < -0.39 is 66.7 Å². The van der Waals surface area contributed by atoms with E-state index in [1.807, 2.05) is 13.8 Å². The zero-order valence-electron chi connectivity index (χ0n) is 23.7. The Hall–Kier alpha value is -4.20. The van der Waals surface area contributed by atoms with Crippen LogP contribution in [0.3, 0.4) is 0 Å². The van der Waals surface area contributed by atoms with Crippen molar-refractivity contribution in [2.75, 3.05) is 18.5 Å². The van der Waals surface area contributed by atoms with Crippen molar-refractivity contribution in [3.8, 4) is 0 Å². The smallest absolute Gasteiger partial charge is 0.418 e. The summed E-state index contributed by atoms with van der Waals surface area (Å²) in [4.78, 5) is 52.9. The second kappa shape index (κ2) is 12.2. The number of carbonyl (C=O) groups is 4. The number of urea groups is 1. The molecule has 0 aromatic heterocycles. The van der Waals surface area contributed by atoms with Gasteiger partial charge in [0.05, 0.1) is 12.6 Å². The van der Waals surface area contributed by atoms with E-state index in [0.29, 0.717) is 26.6 Å². The Morgan fingerprint density at radius 1 is 1.12 bits per heavy atom. The Balaban J connectivity index is 1.51. The number of aliphatic hydroxyl groups excluding tert-OH is 1. The summed E-state index contributed by atoms with van der Waals surface area (Å²) in [6, 6.07) is 5.90. The van der Waals surface area contributed by atoms with Crippen LogP contribution < -0.4 is 10.6 Å². The quantitative estimate of drug-likeness (QED) is 0.369. The fourth-order valence-electron chi connectivity index (χ4n) is 5.12. The Morgan fingerprint density at radius 3 is 2.40 bits per heavy atom. The first-order valence-electron chi connectivity index (χ1n) is 13.6. The highest BCUT2D eigenvalue weighted by Gasteiger charge is 2.58. The topological polar surface area (TPSA) is 128 Å². The number of nitrogens with one attached hydrogen (secondary N) is 2. The number of halogens is 4. The van der Waals surface area contributed by atoms with Crippen molar-refractivity contribution < 1.29 is 46.6 Å². The molecule has 232 valence electrons. The summed E-state index contributed by atoms with van der Waals surface area (Å²) >= 11 is 0. The zero-order chi connectivity index (χ0) is 31.7. The number of hydrogen-bond acceptors (Lipinski definition) is 6. The summed E-state index contributed by atoms with van der Waals surface area (Å²) in [5.41, 5.74) is -0.219. The number of aliphatic hydroxyl groups is 1. The van der Waals surface area contributed by atoms with Gasteiger partial charge in [0.1, 0.15) is 18.4 Å². The standard InChI is InChI=1S/C29H32F4N4O6/c1-16(2)23(15-38)35-26(41)34-21-8-9-22-19(12-21)10-11-28(22)25(40)37(27(42)43-28)14-24(39)36(17(3)29(31,32)33)13-18-4-6-20(30)7-5-18/h4-9,12,16-17,23,38H,10-11,13-15H2,1-3H3,(H2,34,35,41)/t17-,23+,28+/m0/s1. The lowest BCUT2D eigenvalue weighted by Gasteiger charge is -2.31. The van der Waals surface area contributed by atoms with E-state index in [1.54, 1.807) is 6.07 Å². The van der Waals surface area contributed by atoms with Crippen LogP contribution in [0, 0.1) is 11.7 Å². The van der Waals surface area contributed by atoms with E-state index in [1.165, 1.54) is 24.3 Å². The van der Waals surface area contributed by atoms with Crippen molar-refractivity contribution in [1.29, 1.82) is 0 Å². The van der Waals surface area contributed by atoms with E-state index >= 15 is 0 Å². The van der Waals surface area contributed by atoms with Crippen LogP contribution >= 0.6 is 0 Å². The van der Waals surface area contributed by atoms with Crippen molar-refractivity contribution in [2.24, 2.45) is 5.92 Å². The number of rotatable bonds is 9. The van der Waals surface area contributed by atoms with Gasteiger partial charge in [0.15, 0.2) is 0 Å². The molecule has 4 rings (SSSR count). The number of hydrogen-bond donors (Lipinski definition) is 3. The van der Waals surface area contributed by atoms with Gasteiger partial charge in [-0.05, 0) is 54.7 Å². The highest BCUT2D eigenvalue weighted by Crippen LogP contribution is 2.46. The number of imide groups is 1. The van der Waals surface area contributed by atoms with Gasteiger partial charge in [-0.1, -0.05) is 32.0 Å². The van der Waals surface area contributed by atoms with Crippen molar-refractivity contribution in [2.45, 2.75) is 64.0 Å². The molecule has 0 saturated carbocycles. The number of amides is 5. The SMILES string of the molecule is CC(C)[C@@H](CO)NC(=O)Nc1ccc2c(c1)CC[C@@]21OC(=O)N(CC(=O)N(Cc2ccc(F)cc2)[C@@H](C)C(F)(F)F)C1=O. The largest absolute Gasteiger partial charge is 0.427 e. The number of nitrogens with zero attached hydrogens (tertiary/aromatic N) is 2. The first kappa shape index (κ1) is 31.7. The third-order valence-corrected chi connectivity index (χ3v) is 7.76. The van der Waals surface area contributed by atoms with E-state index in [-0.39, 0.29) is 30.9 Å². The predicted molar refractivity (Wildman–Crippen MR) is 145 cm³/mol. The van der Waals surface area contributed by atoms with Crippen LogP contribution in [0.1, 0.15) is 43.9 Å². The summed E-state index contributed by atoms with van der Waals surface area (Å²) in [7, 11) is 0. The highest BCUT2D eigenvalue weighted by molar-refractivity contribution is 6.06. The molecule has 10 nitrogen and oxygen atoms in total. The lowest BCUT2D eigenvalue weighted by molar-refractivity contribution is -0.187. The average Bonchev–Trinajstić information content (AvgIpc) is 3.41. The van der Waals surface area contributed by atoms with Crippen LogP contribution in [0.2, 0.25) is 0 Å². The summed E-state index contributed by atoms with van der Waals surface area (Å²) in [6.45, 7) is 2.68. The van der Waals surface area contributed by atoms with Gasteiger partial charge in [-0.15, -0.1) is 0 Å². The second-order valence-electron chi connectivity index (χ2n) is 11.0. The third-order valence-electron chi connectivity index (χ3n) is 7.76. The van der Waals surface area contributed by atoms with E-state index in [4.69, 9.17) is 4.74 Å². The maximum atomic E-state index is 13.7. The molecule has 1 fully saturated rings. The molecule has 0 unspecified atom stereocenters. The maximum absolute atomic E-state index is 13.7. The zero-order valence-corrected chi connectivity index (χ0v) is 23.7. The first-order chi connectivity index (χ1) is 20.2. The molecular formula is C29H32F4N4O6. The molecule has 2 aromatic rings. The Labute approximate surface area is 245 Å². The van der Waals surface area contributed by atoms with Gasteiger partial charge in [0, 0.05) is 24.2 Å². The van der Waals surface area contributed by atoms with Crippen LogP contribution in [0.4, 0.5) is 32.8 Å². The van der Waals surface area contributed by atoms with Gasteiger partial charge in [0.25, 0.3) is 5.91 Å². The first-order valence-corrected chi connectivity index (χ1v) is 13.6. The third kappa shape index (κ3) is 6.58. The number of alkyl halides is 3. The minimum Gasteiger partial charge on any atom is -0.427 e. The lowest BCUT2D eigenvalue weighted by Crippen LogP contribution is -2.51. The molecule has 1 aliphatic heterocycles. The summed E-state index contributed by atoms with van der Waals surface area (Å²) < 4.78 is 59.8. The fraction of sp³-hybridized carbons (Fsp3) is 0.448. The Kier molecular flexibility index (Phi) is 9.00. The van der Waals surface area contributed by atoms with Crippen molar-refractivity contribution >= 4 is 29.6 Å². The van der Waals surface area contributed by atoms with Gasteiger partial charge in [-0.2, -0.15) is 13.2 Å². The van der Waals surface area contributed by atoms with Gasteiger partial charge in [-0.3, -0.25) is 9.59 Å². The molecule has 1 spiro atoms. The van der Waals surface area contributed by atoms with Crippen LogP contribution in [-0.2, 0) is 32.9 Å². The number of anilines is 1. The molecule has 0 bridgehead atoms. The summed E-state index contributed by atoms with van der Waals surface area (Å²) in [5.74, 6) is -2.65. The number of benzene rings is 2. The van der Waals surface area contributed by atoms with Crippen molar-refractivity contribution in [3.63, 3.8) is 0 Å². The van der Waals surface area contributed by atoms with Crippen LogP contribution in [0.5, 0.6) is 0 Å². The molecule has 5 amide bonds. The minimum absolute atomic E-state index is 0.0137. The molecule has 14 heteroatoms. The van der Waals surface area contributed by atoms with Crippen LogP contribution in [-0.4, -0.2) is 70.3 Å². The van der Waals surface area contributed by atoms with E-state index in [9.17, 15) is 41.8 Å². The summed E-state index contributed by atoms with van der Waals surface area (Å²) in [6.07, 6.45) is -5.67. The Bertz CT molecular complexity index is 1400. The van der Waals surface area contributed by atoms with Gasteiger partial charge >= 0.3 is 18.3 Å². The second-order valence-corrected chi connectivity index (χ2v) is 11.0. The van der Waals surface area contributed by atoms with Gasteiger partial charge < -0.3 is 25.4 Å². The van der Waals surface area contributed by atoms with Gasteiger partial charge in [-0.25, -0.2) is 18.9 Å². The molecule has 3 N–H and O–H groups in total.